The van der Waals surface area contributed by atoms with E-state index in [1.54, 1.807) is 14.2 Å². The van der Waals surface area contributed by atoms with Gasteiger partial charge in [-0.15, -0.1) is 0 Å². The molecule has 1 atom stereocenters. The molecule has 1 unspecified atom stereocenters. The minimum atomic E-state index is -0.00508. The number of hydrogen-bond donors (Lipinski definition) is 1. The number of nitrogens with one attached hydrogen (secondary N) is 1. The van der Waals surface area contributed by atoms with Crippen LogP contribution in [-0.2, 0) is 4.79 Å². The smallest absolute Gasteiger partial charge is 0.236 e. The molecule has 2 aliphatic heterocycles. The van der Waals surface area contributed by atoms with Crippen LogP contribution in [-0.4, -0.2) is 99.2 Å². The molecule has 1 aromatic rings. The molecule has 1 aromatic carbocycles. The Morgan fingerprint density at radius 1 is 1.03 bits per heavy atom. The van der Waals surface area contributed by atoms with Gasteiger partial charge in [0.25, 0.3) is 0 Å². The Bertz CT molecular complexity index is 695. The molecule has 0 spiro atoms. The number of rotatable bonds is 7. The Hall–Kier alpha value is -2.48. The number of hydrogen-bond acceptors (Lipinski definition) is 5. The van der Waals surface area contributed by atoms with E-state index in [4.69, 9.17) is 9.47 Å². The number of benzene rings is 1. The fraction of sp³-hybridized carbons (Fsp3) is 0.636. The predicted molar refractivity (Wildman–Crippen MR) is 118 cm³/mol. The topological polar surface area (TPSA) is 69.6 Å². The molecule has 0 saturated carbocycles. The van der Waals surface area contributed by atoms with Crippen LogP contribution in [0.2, 0.25) is 0 Å². The molecule has 1 N–H and O–H groups in total. The van der Waals surface area contributed by atoms with E-state index in [-0.39, 0.29) is 12.0 Å². The molecule has 1 amide bonds. The van der Waals surface area contributed by atoms with Crippen LogP contribution in [0.5, 0.6) is 11.5 Å². The van der Waals surface area contributed by atoms with Crippen molar-refractivity contribution in [1.29, 1.82) is 0 Å². The Balaban J connectivity index is 1.39. The van der Waals surface area contributed by atoms with Crippen LogP contribution >= 0.6 is 0 Å². The monoisotopic (exact) mass is 417 g/mol. The van der Waals surface area contributed by atoms with E-state index in [0.29, 0.717) is 13.1 Å². The van der Waals surface area contributed by atoms with Gasteiger partial charge in [0.1, 0.15) is 17.6 Å². The first kappa shape index (κ1) is 22.2. The van der Waals surface area contributed by atoms with Gasteiger partial charge >= 0.3 is 0 Å². The summed E-state index contributed by atoms with van der Waals surface area (Å²) in [6.07, 6.45) is 2.28. The van der Waals surface area contributed by atoms with Gasteiger partial charge in [-0.1, -0.05) is 0 Å². The normalized spacial score (nSPS) is 19.0. The van der Waals surface area contributed by atoms with E-state index in [0.717, 1.165) is 69.6 Å². The largest absolute Gasteiger partial charge is 0.497 e. The van der Waals surface area contributed by atoms with E-state index in [1.165, 1.54) is 0 Å². The van der Waals surface area contributed by atoms with Crippen LogP contribution in [0.3, 0.4) is 0 Å². The van der Waals surface area contributed by atoms with Crippen molar-refractivity contribution in [3.8, 4) is 11.5 Å². The fourth-order valence-electron chi connectivity index (χ4n) is 3.87. The Kier molecular flexibility index (Phi) is 8.19. The highest BCUT2D eigenvalue weighted by atomic mass is 16.5. The molecule has 2 aliphatic rings. The number of ether oxygens (including phenoxy) is 2. The highest BCUT2D eigenvalue weighted by molar-refractivity contribution is 5.80. The van der Waals surface area contributed by atoms with Gasteiger partial charge in [0.2, 0.25) is 5.91 Å². The summed E-state index contributed by atoms with van der Waals surface area (Å²) in [5.41, 5.74) is 0. The number of likely N-dealkylation sites (tertiary alicyclic amines) is 1. The van der Waals surface area contributed by atoms with Crippen molar-refractivity contribution in [2.24, 2.45) is 4.99 Å². The maximum absolute atomic E-state index is 12.4. The summed E-state index contributed by atoms with van der Waals surface area (Å²) < 4.78 is 11.1. The van der Waals surface area contributed by atoms with Crippen molar-refractivity contribution in [3.63, 3.8) is 0 Å². The average Bonchev–Trinajstić information content (AvgIpc) is 3.31. The highest BCUT2D eigenvalue weighted by Crippen LogP contribution is 2.18. The third kappa shape index (κ3) is 6.26. The van der Waals surface area contributed by atoms with E-state index >= 15 is 0 Å². The second-order valence-electron chi connectivity index (χ2n) is 7.88. The van der Waals surface area contributed by atoms with Crippen LogP contribution in [0.1, 0.15) is 19.8 Å². The SMILES string of the molecule is CN=C(NCC(C)Oc1ccc(OC)cc1)N1CCN(CC(=O)N2CCCC2)CC1. The van der Waals surface area contributed by atoms with Crippen LogP contribution in [0.25, 0.3) is 0 Å². The molecular formula is C22H35N5O3. The fourth-order valence-corrected chi connectivity index (χ4v) is 3.87. The lowest BCUT2D eigenvalue weighted by molar-refractivity contribution is -0.131. The molecular weight excluding hydrogens is 382 g/mol. The number of nitrogens with zero attached hydrogens (tertiary/aromatic N) is 4. The van der Waals surface area contributed by atoms with Crippen LogP contribution in [0.15, 0.2) is 29.3 Å². The zero-order valence-corrected chi connectivity index (χ0v) is 18.5. The van der Waals surface area contributed by atoms with Crippen molar-refractivity contribution < 1.29 is 14.3 Å². The van der Waals surface area contributed by atoms with Gasteiger partial charge in [0.15, 0.2) is 5.96 Å². The van der Waals surface area contributed by atoms with E-state index < -0.39 is 0 Å². The summed E-state index contributed by atoms with van der Waals surface area (Å²) in [6, 6.07) is 7.60. The second-order valence-corrected chi connectivity index (χ2v) is 7.88. The van der Waals surface area contributed by atoms with Gasteiger partial charge < -0.3 is 24.6 Å². The van der Waals surface area contributed by atoms with E-state index in [2.05, 4.69) is 20.1 Å². The molecule has 2 saturated heterocycles. The lowest BCUT2D eigenvalue weighted by Gasteiger charge is -2.36. The van der Waals surface area contributed by atoms with Gasteiger partial charge in [-0.3, -0.25) is 14.7 Å². The first-order chi connectivity index (χ1) is 14.6. The van der Waals surface area contributed by atoms with Crippen molar-refractivity contribution in [2.75, 3.05) is 66.5 Å². The number of amides is 1. The zero-order valence-electron chi connectivity index (χ0n) is 18.5. The van der Waals surface area contributed by atoms with Crippen LogP contribution in [0.4, 0.5) is 0 Å². The number of guanidine groups is 1. The van der Waals surface area contributed by atoms with Crippen molar-refractivity contribution in [3.05, 3.63) is 24.3 Å². The summed E-state index contributed by atoms with van der Waals surface area (Å²) in [4.78, 5) is 23.3. The first-order valence-corrected chi connectivity index (χ1v) is 10.9. The maximum Gasteiger partial charge on any atom is 0.236 e. The summed E-state index contributed by atoms with van der Waals surface area (Å²) in [5.74, 6) is 2.78. The number of aliphatic imine (C=N–C) groups is 1. The summed E-state index contributed by atoms with van der Waals surface area (Å²) >= 11 is 0. The van der Waals surface area contributed by atoms with Gasteiger partial charge in [-0.05, 0) is 44.0 Å². The second kappa shape index (κ2) is 11.1. The van der Waals surface area contributed by atoms with E-state index in [1.807, 2.05) is 36.1 Å². The molecule has 0 aliphatic carbocycles. The van der Waals surface area contributed by atoms with Gasteiger partial charge in [0, 0.05) is 46.3 Å². The van der Waals surface area contributed by atoms with Gasteiger partial charge in [0.05, 0.1) is 20.2 Å². The molecule has 0 aromatic heterocycles. The maximum atomic E-state index is 12.4. The lowest BCUT2D eigenvalue weighted by Crippen LogP contribution is -2.54. The summed E-state index contributed by atoms with van der Waals surface area (Å²) in [5, 5.41) is 3.41. The summed E-state index contributed by atoms with van der Waals surface area (Å²) in [7, 11) is 3.46. The van der Waals surface area contributed by atoms with E-state index in [9.17, 15) is 4.79 Å². The standard InChI is InChI=1S/C22H35N5O3/c1-18(30-20-8-6-19(29-3)7-9-20)16-24-22(23-2)27-14-12-25(13-15-27)17-21(28)26-10-4-5-11-26/h6-9,18H,4-5,10-17H2,1-3H3,(H,23,24). The van der Waals surface area contributed by atoms with Crippen molar-refractivity contribution in [2.45, 2.75) is 25.9 Å². The Morgan fingerprint density at radius 3 is 2.27 bits per heavy atom. The molecule has 2 heterocycles. The lowest BCUT2D eigenvalue weighted by atomic mass is 10.3. The van der Waals surface area contributed by atoms with Crippen LogP contribution < -0.4 is 14.8 Å². The highest BCUT2D eigenvalue weighted by Gasteiger charge is 2.24. The Labute approximate surface area is 179 Å². The number of methoxy groups -OCH3 is 1. The molecule has 0 bridgehead atoms. The minimum Gasteiger partial charge on any atom is -0.497 e. The Morgan fingerprint density at radius 2 is 1.67 bits per heavy atom. The number of carbonyl (C=O) groups excluding carboxylic acids is 1. The first-order valence-electron chi connectivity index (χ1n) is 10.9. The molecule has 8 nitrogen and oxygen atoms in total. The molecule has 0 radical (unpaired) electrons. The number of carbonyl (C=O) groups is 1. The minimum absolute atomic E-state index is 0.00508. The molecule has 166 valence electrons. The van der Waals surface area contributed by atoms with Crippen molar-refractivity contribution >= 4 is 11.9 Å². The third-order valence-electron chi connectivity index (χ3n) is 5.65. The van der Waals surface area contributed by atoms with Crippen molar-refractivity contribution in [1.82, 2.24) is 20.0 Å². The number of piperazine rings is 1. The third-order valence-corrected chi connectivity index (χ3v) is 5.65. The zero-order chi connectivity index (χ0) is 21.3. The van der Waals surface area contributed by atoms with Gasteiger partial charge in [-0.25, -0.2) is 0 Å². The molecule has 3 rings (SSSR count). The average molecular weight is 418 g/mol. The molecule has 2 fully saturated rings. The predicted octanol–water partition coefficient (Wildman–Crippen LogP) is 1.28. The quantitative estimate of drug-likeness (QED) is 0.532. The van der Waals surface area contributed by atoms with Crippen LogP contribution in [0, 0.1) is 0 Å². The molecule has 30 heavy (non-hydrogen) atoms. The summed E-state index contributed by atoms with van der Waals surface area (Å²) in [6.45, 7) is 8.54. The van der Waals surface area contributed by atoms with Gasteiger partial charge in [-0.2, -0.15) is 0 Å². The molecule has 8 heteroatoms.